The molecule has 17 heteroatoms. The van der Waals surface area contributed by atoms with Gasteiger partial charge in [-0.2, -0.15) is 0 Å². The van der Waals surface area contributed by atoms with Crippen molar-refractivity contribution in [2.24, 2.45) is 41.4 Å². The number of hydrogen-bond donors (Lipinski definition) is 3. The lowest BCUT2D eigenvalue weighted by molar-refractivity contribution is -0.266. The van der Waals surface area contributed by atoms with Crippen LogP contribution in [0.3, 0.4) is 0 Å². The fourth-order valence-corrected chi connectivity index (χ4v) is 11.3. The van der Waals surface area contributed by atoms with Crippen molar-refractivity contribution in [1.29, 1.82) is 0 Å². The molecule has 0 radical (unpaired) electrons. The van der Waals surface area contributed by atoms with Crippen LogP contribution in [0.1, 0.15) is 152 Å². The Kier molecular flexibility index (Phi) is 26.4. The Morgan fingerprint density at radius 1 is 0.840 bits per heavy atom. The lowest BCUT2D eigenvalue weighted by Gasteiger charge is -2.43. The molecule has 75 heavy (non-hydrogen) atoms. The third-order valence-corrected chi connectivity index (χ3v) is 16.2. The van der Waals surface area contributed by atoms with Gasteiger partial charge in [0.15, 0.2) is 5.78 Å². The van der Waals surface area contributed by atoms with E-state index in [1.165, 1.54) is 12.0 Å². The van der Waals surface area contributed by atoms with Crippen LogP contribution in [-0.4, -0.2) is 158 Å². The van der Waals surface area contributed by atoms with Gasteiger partial charge in [0.2, 0.25) is 5.79 Å². The van der Waals surface area contributed by atoms with Crippen LogP contribution >= 0.6 is 0 Å². The third-order valence-electron chi connectivity index (χ3n) is 16.2. The highest BCUT2D eigenvalue weighted by Crippen LogP contribution is 2.38. The summed E-state index contributed by atoms with van der Waals surface area (Å²) in [5.74, 6) is -8.93. The van der Waals surface area contributed by atoms with Crippen molar-refractivity contribution < 1.29 is 77.2 Å². The van der Waals surface area contributed by atoms with E-state index in [9.17, 15) is 39.0 Å². The Balaban J connectivity index is 1.70. The Bertz CT molecular complexity index is 1970. The van der Waals surface area contributed by atoms with Gasteiger partial charge in [-0.15, -0.1) is 0 Å². The second-order valence-corrected chi connectivity index (χ2v) is 22.4. The summed E-state index contributed by atoms with van der Waals surface area (Å²) in [6.45, 7) is 15.9. The number of allylic oxidation sites excluding steroid dienone is 4. The summed E-state index contributed by atoms with van der Waals surface area (Å²) in [7, 11) is 4.58. The average Bonchev–Trinajstić information content (AvgIpc) is 3.38. The number of Topliss-reactive ketones (excluding diaryl/α,β-unsaturated/α-hetero) is 3. The fourth-order valence-electron chi connectivity index (χ4n) is 11.3. The minimum atomic E-state index is -2.47. The number of piperidine rings is 1. The van der Waals surface area contributed by atoms with Crippen molar-refractivity contribution in [2.75, 3.05) is 47.7 Å². The maximum Gasteiger partial charge on any atom is 0.329 e. The van der Waals surface area contributed by atoms with Gasteiger partial charge in [0.25, 0.3) is 11.7 Å². The molecule has 3 N–H and O–H groups in total. The van der Waals surface area contributed by atoms with Crippen molar-refractivity contribution >= 4 is 35.2 Å². The molecule has 0 aromatic rings. The summed E-state index contributed by atoms with van der Waals surface area (Å²) >= 11 is 0. The van der Waals surface area contributed by atoms with E-state index in [-0.39, 0.29) is 73.3 Å². The predicted molar refractivity (Wildman–Crippen MR) is 281 cm³/mol. The number of fused-ring (bicyclic) bond motifs is 3. The molecule has 0 aromatic carbocycles. The first-order valence-electron chi connectivity index (χ1n) is 27.8. The standard InChI is InChI=1S/C58H93NO16/c1-35-17-18-36(2)29-40(6)52(63)54(71-11)53(64)41(7)30-38(4)46(60)34-49(39(5)31-43-22-24-47(50(32-43)70-10)72-26-14-16-51(61)62)74-57(67)45-15-12-13-25-59(45)56(66)55(65)58(68)42(8)21-23-44(75-58)33-48(37(3)20-19-35)73-28-27-69-9/h17-18,20,30,35-36,38-40,42-45,47-50,53-54,64,68H,12-16,19,21-29,31-34H2,1-11H3,(H,61,62)/b18-17+,37-20+,41-30+. The van der Waals surface area contributed by atoms with Gasteiger partial charge < -0.3 is 53.4 Å². The highest BCUT2D eigenvalue weighted by Gasteiger charge is 2.53. The molecule has 4 aliphatic rings. The number of aliphatic hydroxyl groups is 2. The van der Waals surface area contributed by atoms with Crippen molar-refractivity contribution in [1.82, 2.24) is 4.90 Å². The van der Waals surface area contributed by atoms with Crippen LogP contribution in [0.25, 0.3) is 0 Å². The van der Waals surface area contributed by atoms with Crippen molar-refractivity contribution in [3.63, 3.8) is 0 Å². The number of carbonyl (C=O) groups is 6. The van der Waals surface area contributed by atoms with Crippen molar-refractivity contribution in [3.05, 3.63) is 35.5 Å². The zero-order chi connectivity index (χ0) is 55.6. The van der Waals surface area contributed by atoms with Gasteiger partial charge in [0, 0.05) is 71.5 Å². The van der Waals surface area contributed by atoms with Crippen LogP contribution in [0.2, 0.25) is 0 Å². The SMILES string of the molecule is COCCOC1CC2CCC(C)C(O)(O2)C(=O)C(=O)N2CCCCC2C(=O)OC(C(C)CC2CCC(OCCCC(=O)O)C(OC)C2)CC(=O)C(C)/C=C(\C)C(O)C(OC)C(=O)C(C)CC(C)/C=C/C(C)C/C=C/1C. The van der Waals surface area contributed by atoms with E-state index in [4.69, 9.17) is 38.3 Å². The lowest BCUT2D eigenvalue weighted by atomic mass is 9.78. The molecule has 0 aromatic heterocycles. The first-order chi connectivity index (χ1) is 35.5. The minimum absolute atomic E-state index is 0.00570. The number of amides is 1. The van der Waals surface area contributed by atoms with E-state index in [2.05, 4.69) is 25.2 Å². The van der Waals surface area contributed by atoms with Crippen molar-refractivity contribution in [2.45, 2.75) is 206 Å². The molecule has 16 unspecified atom stereocenters. The van der Waals surface area contributed by atoms with Gasteiger partial charge in [0.1, 0.15) is 30.1 Å². The minimum Gasteiger partial charge on any atom is -0.481 e. The summed E-state index contributed by atoms with van der Waals surface area (Å²) < 4.78 is 41.8. The molecule has 16 atom stereocenters. The fraction of sp³-hybridized carbons (Fsp3) is 0.793. The number of ketones is 3. The monoisotopic (exact) mass is 1060 g/mol. The number of hydrogen-bond acceptors (Lipinski definition) is 15. The first kappa shape index (κ1) is 63.8. The molecule has 2 saturated heterocycles. The van der Waals surface area contributed by atoms with E-state index in [0.29, 0.717) is 96.0 Å². The van der Waals surface area contributed by atoms with Crippen molar-refractivity contribution in [3.8, 4) is 0 Å². The summed E-state index contributed by atoms with van der Waals surface area (Å²) in [6, 6.07) is -1.17. The molecular formula is C58H93NO16. The molecular weight excluding hydrogens is 967 g/mol. The van der Waals surface area contributed by atoms with Crippen LogP contribution in [-0.2, 0) is 61.9 Å². The molecule has 4 rings (SSSR count). The van der Waals surface area contributed by atoms with Gasteiger partial charge >= 0.3 is 11.9 Å². The maximum atomic E-state index is 14.6. The van der Waals surface area contributed by atoms with E-state index >= 15 is 0 Å². The summed E-state index contributed by atoms with van der Waals surface area (Å²) in [5.41, 5.74) is 1.31. The predicted octanol–water partition coefficient (Wildman–Crippen LogP) is 7.56. The van der Waals surface area contributed by atoms with Crippen LogP contribution in [0.4, 0.5) is 0 Å². The van der Waals surface area contributed by atoms with E-state index < -0.39 is 83.7 Å². The summed E-state index contributed by atoms with van der Waals surface area (Å²) in [5, 5.41) is 32.8. The number of carboxylic acids is 1. The molecule has 2 bridgehead atoms. The molecule has 1 saturated carbocycles. The zero-order valence-electron chi connectivity index (χ0n) is 47.0. The molecule has 426 valence electrons. The van der Waals surface area contributed by atoms with Gasteiger partial charge in [0.05, 0.1) is 37.6 Å². The van der Waals surface area contributed by atoms with E-state index in [1.807, 2.05) is 27.7 Å². The summed E-state index contributed by atoms with van der Waals surface area (Å²) in [4.78, 5) is 84.0. The van der Waals surface area contributed by atoms with Gasteiger partial charge in [-0.25, -0.2) is 4.79 Å². The molecule has 3 heterocycles. The number of aliphatic hydroxyl groups excluding tert-OH is 1. The van der Waals surface area contributed by atoms with Crippen LogP contribution in [0.15, 0.2) is 35.5 Å². The Labute approximate surface area is 446 Å². The number of methoxy groups -OCH3 is 3. The second-order valence-electron chi connectivity index (χ2n) is 22.4. The topological polar surface area (TPSA) is 231 Å². The molecule has 0 spiro atoms. The maximum absolute atomic E-state index is 14.6. The number of aliphatic carboxylic acids is 1. The Hall–Kier alpha value is -3.68. The van der Waals surface area contributed by atoms with Crippen LogP contribution in [0, 0.1) is 41.4 Å². The quantitative estimate of drug-likeness (QED) is 0.0660. The summed E-state index contributed by atoms with van der Waals surface area (Å²) in [6.07, 6.45) is 9.34. The van der Waals surface area contributed by atoms with Crippen LogP contribution < -0.4 is 0 Å². The number of rotatable bonds is 14. The van der Waals surface area contributed by atoms with Gasteiger partial charge in [-0.1, -0.05) is 65.8 Å². The lowest BCUT2D eigenvalue weighted by Crippen LogP contribution is -2.61. The molecule has 3 fully saturated rings. The number of esters is 1. The highest BCUT2D eigenvalue weighted by atomic mass is 16.6. The van der Waals surface area contributed by atoms with Gasteiger partial charge in [-0.05, 0) is 126 Å². The van der Waals surface area contributed by atoms with E-state index in [1.54, 1.807) is 41.1 Å². The molecule has 3 aliphatic heterocycles. The smallest absolute Gasteiger partial charge is 0.329 e. The number of ether oxygens (including phenoxy) is 7. The Morgan fingerprint density at radius 2 is 1.56 bits per heavy atom. The number of cyclic esters (lactones) is 1. The normalized spacial score (nSPS) is 37.3. The van der Waals surface area contributed by atoms with E-state index in [0.717, 1.165) is 12.0 Å². The Morgan fingerprint density at radius 3 is 2.24 bits per heavy atom. The largest absolute Gasteiger partial charge is 0.481 e. The average molecular weight is 1060 g/mol. The second kappa shape index (κ2) is 31.0. The highest BCUT2D eigenvalue weighted by molar-refractivity contribution is 6.39. The zero-order valence-corrected chi connectivity index (χ0v) is 47.0. The number of carboxylic acid groups (broad SMARTS) is 1. The molecule has 17 nitrogen and oxygen atoms in total. The number of nitrogens with zero attached hydrogens (tertiary/aromatic N) is 1. The number of carbonyl (C=O) groups excluding carboxylic acids is 5. The molecule has 1 aliphatic carbocycles. The molecule has 1 amide bonds. The third kappa shape index (κ3) is 18.7. The van der Waals surface area contributed by atoms with Crippen LogP contribution in [0.5, 0.6) is 0 Å². The first-order valence-corrected chi connectivity index (χ1v) is 27.8. The van der Waals surface area contributed by atoms with Gasteiger partial charge in [-0.3, -0.25) is 24.0 Å².